The number of hydrogen-bond donors (Lipinski definition) is 1. The van der Waals surface area contributed by atoms with E-state index in [1.54, 1.807) is 0 Å². The molecule has 1 aliphatic carbocycles. The van der Waals surface area contributed by atoms with Crippen LogP contribution in [0.25, 0.3) is 0 Å². The molecule has 3 nitrogen and oxygen atoms in total. The van der Waals surface area contributed by atoms with Crippen LogP contribution in [0.3, 0.4) is 0 Å². The zero-order valence-corrected chi connectivity index (χ0v) is 13.3. The molecule has 0 aliphatic heterocycles. The highest BCUT2D eigenvalue weighted by Crippen LogP contribution is 2.38. The number of nitrogens with one attached hydrogen (secondary N) is 1. The summed E-state index contributed by atoms with van der Waals surface area (Å²) in [5.74, 6) is -2.35. The molecular weight excluding hydrogens is 298 g/mol. The molecule has 0 spiro atoms. The summed E-state index contributed by atoms with van der Waals surface area (Å²) in [6, 6.07) is 5.97. The summed E-state index contributed by atoms with van der Waals surface area (Å²) < 4.78 is 28.4. The van der Waals surface area contributed by atoms with Gasteiger partial charge >= 0.3 is 0 Å². The molecule has 1 heterocycles. The second-order valence-electron chi connectivity index (χ2n) is 6.13. The maximum Gasteiger partial charge on any atom is 0.251 e. The van der Waals surface area contributed by atoms with Crippen LogP contribution in [0.4, 0.5) is 8.78 Å². The molecule has 0 radical (unpaired) electrons. The fourth-order valence-corrected chi connectivity index (χ4v) is 3.04. The van der Waals surface area contributed by atoms with Crippen molar-refractivity contribution in [3.8, 4) is 0 Å². The van der Waals surface area contributed by atoms with Crippen LogP contribution in [-0.2, 0) is 6.42 Å². The van der Waals surface area contributed by atoms with Gasteiger partial charge in [-0.2, -0.15) is 0 Å². The number of rotatable bonds is 5. The number of halogens is 2. The summed E-state index contributed by atoms with van der Waals surface area (Å²) in [4.78, 5) is 12.0. The maximum absolute atomic E-state index is 13.2. The molecule has 2 aromatic rings. The third-order valence-electron chi connectivity index (χ3n) is 4.36. The molecule has 1 aromatic heterocycles. The number of benzene rings is 1. The van der Waals surface area contributed by atoms with Crippen LogP contribution in [0.1, 0.15) is 46.2 Å². The Morgan fingerprint density at radius 1 is 1.22 bits per heavy atom. The van der Waals surface area contributed by atoms with Gasteiger partial charge in [0, 0.05) is 29.5 Å². The third-order valence-corrected chi connectivity index (χ3v) is 4.36. The van der Waals surface area contributed by atoms with Gasteiger partial charge in [-0.05, 0) is 62.9 Å². The van der Waals surface area contributed by atoms with Gasteiger partial charge in [0.1, 0.15) is 0 Å². The lowest BCUT2D eigenvalue weighted by Gasteiger charge is -2.08. The fraction of sp³-hybridized carbons (Fsp3) is 0.389. The second kappa shape index (κ2) is 6.14. The van der Waals surface area contributed by atoms with E-state index in [4.69, 9.17) is 0 Å². The third kappa shape index (κ3) is 3.28. The van der Waals surface area contributed by atoms with Gasteiger partial charge in [-0.15, -0.1) is 0 Å². The maximum atomic E-state index is 13.2. The molecule has 0 atom stereocenters. The standard InChI is InChI=1S/C18H20F2N2O/c1-11-9-13(12(2)22(11)15-4-5-15)7-8-21-18(23)14-3-6-16(19)17(20)10-14/h3,6,9-10,15H,4-5,7-8H2,1-2H3,(H,21,23). The molecule has 1 amide bonds. The van der Waals surface area contributed by atoms with E-state index in [0.717, 1.165) is 18.6 Å². The van der Waals surface area contributed by atoms with Crippen LogP contribution >= 0.6 is 0 Å². The van der Waals surface area contributed by atoms with Gasteiger partial charge in [0.05, 0.1) is 0 Å². The largest absolute Gasteiger partial charge is 0.352 e. The van der Waals surface area contributed by atoms with Gasteiger partial charge in [-0.3, -0.25) is 4.79 Å². The van der Waals surface area contributed by atoms with Crippen LogP contribution < -0.4 is 5.32 Å². The van der Waals surface area contributed by atoms with Crippen LogP contribution in [0.15, 0.2) is 24.3 Å². The van der Waals surface area contributed by atoms with E-state index in [9.17, 15) is 13.6 Å². The first-order valence-electron chi connectivity index (χ1n) is 7.88. The van der Waals surface area contributed by atoms with Crippen molar-refractivity contribution in [3.05, 3.63) is 58.4 Å². The van der Waals surface area contributed by atoms with E-state index >= 15 is 0 Å². The van der Waals surface area contributed by atoms with Crippen molar-refractivity contribution in [1.82, 2.24) is 9.88 Å². The molecular formula is C18H20F2N2O. The van der Waals surface area contributed by atoms with E-state index in [1.165, 1.54) is 35.9 Å². The first kappa shape index (κ1) is 15.7. The summed E-state index contributed by atoms with van der Waals surface area (Å²) in [7, 11) is 0. The van der Waals surface area contributed by atoms with Gasteiger partial charge in [0.25, 0.3) is 5.91 Å². The monoisotopic (exact) mass is 318 g/mol. The number of carbonyl (C=O) groups is 1. The molecule has 122 valence electrons. The van der Waals surface area contributed by atoms with E-state index in [2.05, 4.69) is 29.8 Å². The van der Waals surface area contributed by atoms with Crippen molar-refractivity contribution in [3.63, 3.8) is 0 Å². The first-order chi connectivity index (χ1) is 11.0. The highest BCUT2D eigenvalue weighted by molar-refractivity contribution is 5.94. The minimum absolute atomic E-state index is 0.132. The quantitative estimate of drug-likeness (QED) is 0.896. The van der Waals surface area contributed by atoms with Crippen molar-refractivity contribution < 1.29 is 13.6 Å². The summed E-state index contributed by atoms with van der Waals surface area (Å²) in [6.07, 6.45) is 3.20. The van der Waals surface area contributed by atoms with Crippen LogP contribution in [0.2, 0.25) is 0 Å². The Morgan fingerprint density at radius 3 is 2.61 bits per heavy atom. The second-order valence-corrected chi connectivity index (χ2v) is 6.13. The zero-order valence-electron chi connectivity index (χ0n) is 13.3. The molecule has 1 aliphatic rings. The van der Waals surface area contributed by atoms with E-state index in [-0.39, 0.29) is 11.5 Å². The summed E-state index contributed by atoms with van der Waals surface area (Å²) >= 11 is 0. The lowest BCUT2D eigenvalue weighted by atomic mass is 10.1. The summed E-state index contributed by atoms with van der Waals surface area (Å²) in [5.41, 5.74) is 3.87. The number of hydrogen-bond acceptors (Lipinski definition) is 1. The van der Waals surface area contributed by atoms with Crippen molar-refractivity contribution in [2.45, 2.75) is 39.2 Å². The zero-order chi connectivity index (χ0) is 16.6. The predicted molar refractivity (Wildman–Crippen MR) is 84.6 cm³/mol. The molecule has 1 saturated carbocycles. The number of aromatic nitrogens is 1. The van der Waals surface area contributed by atoms with Crippen LogP contribution in [0, 0.1) is 25.5 Å². The highest BCUT2D eigenvalue weighted by atomic mass is 19.2. The molecule has 3 rings (SSSR count). The molecule has 1 aromatic carbocycles. The molecule has 1 N–H and O–H groups in total. The lowest BCUT2D eigenvalue weighted by Crippen LogP contribution is -2.26. The number of carbonyl (C=O) groups excluding carboxylic acids is 1. The molecule has 0 unspecified atom stereocenters. The van der Waals surface area contributed by atoms with Gasteiger partial charge < -0.3 is 9.88 Å². The van der Waals surface area contributed by atoms with E-state index in [0.29, 0.717) is 12.6 Å². The minimum atomic E-state index is -1.01. The fourth-order valence-electron chi connectivity index (χ4n) is 3.04. The van der Waals surface area contributed by atoms with Gasteiger partial charge in [0.2, 0.25) is 0 Å². The highest BCUT2D eigenvalue weighted by Gasteiger charge is 2.26. The van der Waals surface area contributed by atoms with Crippen LogP contribution in [-0.4, -0.2) is 17.0 Å². The molecule has 0 bridgehead atoms. The Bertz CT molecular complexity index is 748. The summed E-state index contributed by atoms with van der Waals surface area (Å²) in [5, 5.41) is 2.76. The van der Waals surface area contributed by atoms with Crippen molar-refractivity contribution in [2.24, 2.45) is 0 Å². The molecule has 0 saturated heterocycles. The average Bonchev–Trinajstić information content (AvgIpc) is 3.29. The number of nitrogens with zero attached hydrogens (tertiary/aromatic N) is 1. The SMILES string of the molecule is Cc1cc(CCNC(=O)c2ccc(F)c(F)c2)c(C)n1C1CC1. The Kier molecular flexibility index (Phi) is 4.20. The smallest absolute Gasteiger partial charge is 0.251 e. The van der Waals surface area contributed by atoms with Gasteiger partial charge in [0.15, 0.2) is 11.6 Å². The predicted octanol–water partition coefficient (Wildman–Crippen LogP) is 3.69. The molecule has 5 heteroatoms. The van der Waals surface area contributed by atoms with E-state index in [1.807, 2.05) is 0 Å². The Hall–Kier alpha value is -2.17. The van der Waals surface area contributed by atoms with Gasteiger partial charge in [-0.1, -0.05) is 0 Å². The Balaban J connectivity index is 1.60. The topological polar surface area (TPSA) is 34.0 Å². The minimum Gasteiger partial charge on any atom is -0.352 e. The first-order valence-corrected chi connectivity index (χ1v) is 7.88. The summed E-state index contributed by atoms with van der Waals surface area (Å²) in [6.45, 7) is 4.68. The van der Waals surface area contributed by atoms with Crippen molar-refractivity contribution >= 4 is 5.91 Å². The Labute approximate surface area is 134 Å². The lowest BCUT2D eigenvalue weighted by molar-refractivity contribution is 0.0953. The number of amides is 1. The Morgan fingerprint density at radius 2 is 1.96 bits per heavy atom. The van der Waals surface area contributed by atoms with Gasteiger partial charge in [-0.25, -0.2) is 8.78 Å². The van der Waals surface area contributed by atoms with Crippen molar-refractivity contribution in [2.75, 3.05) is 6.54 Å². The van der Waals surface area contributed by atoms with Crippen molar-refractivity contribution in [1.29, 1.82) is 0 Å². The average molecular weight is 318 g/mol. The normalized spacial score (nSPS) is 14.1. The van der Waals surface area contributed by atoms with Crippen LogP contribution in [0.5, 0.6) is 0 Å². The molecule has 1 fully saturated rings. The van der Waals surface area contributed by atoms with E-state index < -0.39 is 11.6 Å². The molecule has 23 heavy (non-hydrogen) atoms. The number of aryl methyl sites for hydroxylation is 1.